The number of aromatic amines is 1. The van der Waals surface area contributed by atoms with Gasteiger partial charge in [0.15, 0.2) is 5.43 Å². The second kappa shape index (κ2) is 6.52. The van der Waals surface area contributed by atoms with Gasteiger partial charge in [0.25, 0.3) is 5.91 Å². The number of H-pyrrole nitrogens is 1. The van der Waals surface area contributed by atoms with Gasteiger partial charge in [-0.15, -0.1) is 0 Å². The number of anilines is 2. The summed E-state index contributed by atoms with van der Waals surface area (Å²) >= 11 is 0. The lowest BCUT2D eigenvalue weighted by atomic mass is 10.1. The molecule has 8 nitrogen and oxygen atoms in total. The first kappa shape index (κ1) is 17.5. The first-order chi connectivity index (χ1) is 12.2. The molecule has 0 fully saturated rings. The molecule has 0 bridgehead atoms. The third-order valence-electron chi connectivity index (χ3n) is 3.56. The van der Waals surface area contributed by atoms with Crippen LogP contribution in [-0.2, 0) is 10.0 Å². The van der Waals surface area contributed by atoms with Crippen molar-refractivity contribution >= 4 is 38.2 Å². The van der Waals surface area contributed by atoms with Crippen molar-refractivity contribution in [3.63, 3.8) is 0 Å². The fourth-order valence-electron chi connectivity index (χ4n) is 2.45. The van der Waals surface area contributed by atoms with E-state index in [4.69, 9.17) is 0 Å². The molecule has 0 saturated heterocycles. The Balaban J connectivity index is 2.07. The first-order valence-corrected chi connectivity index (χ1v) is 9.37. The van der Waals surface area contributed by atoms with E-state index in [1.165, 1.54) is 30.3 Å². The Morgan fingerprint density at radius 1 is 1.08 bits per heavy atom. The minimum Gasteiger partial charge on any atom is -0.506 e. The van der Waals surface area contributed by atoms with Crippen molar-refractivity contribution in [3.05, 3.63) is 64.4 Å². The number of benzene rings is 2. The minimum atomic E-state index is -3.57. The molecule has 0 aliphatic heterocycles. The van der Waals surface area contributed by atoms with Crippen molar-refractivity contribution < 1.29 is 18.3 Å². The van der Waals surface area contributed by atoms with Crippen molar-refractivity contribution in [1.29, 1.82) is 0 Å². The highest BCUT2D eigenvalue weighted by Crippen LogP contribution is 2.23. The second-order valence-corrected chi connectivity index (χ2v) is 7.37. The van der Waals surface area contributed by atoms with Crippen LogP contribution in [0.2, 0.25) is 0 Å². The van der Waals surface area contributed by atoms with Crippen LogP contribution < -0.4 is 15.5 Å². The number of carbonyl (C=O) groups excluding carboxylic acids is 1. The second-order valence-electron chi connectivity index (χ2n) is 5.62. The van der Waals surface area contributed by atoms with Gasteiger partial charge in [0.05, 0.1) is 23.1 Å². The summed E-state index contributed by atoms with van der Waals surface area (Å²) in [4.78, 5) is 27.5. The van der Waals surface area contributed by atoms with Crippen LogP contribution in [0.3, 0.4) is 0 Å². The number of para-hydroxylation sites is 3. The number of phenols is 1. The molecule has 1 amide bonds. The van der Waals surface area contributed by atoms with E-state index in [0.29, 0.717) is 0 Å². The molecule has 134 valence electrons. The lowest BCUT2D eigenvalue weighted by Crippen LogP contribution is -2.18. The number of nitrogens with one attached hydrogen (secondary N) is 3. The smallest absolute Gasteiger partial charge is 0.272 e. The van der Waals surface area contributed by atoms with Gasteiger partial charge < -0.3 is 15.4 Å². The van der Waals surface area contributed by atoms with Crippen LogP contribution >= 0.6 is 0 Å². The Bertz CT molecular complexity index is 1170. The Kier molecular flexibility index (Phi) is 4.39. The Labute approximate surface area is 148 Å². The SMILES string of the molecule is CS(=O)(=O)Nc1cccc2c(=O)cc(C(=O)Nc3ccccc3O)[nH]c12. The van der Waals surface area contributed by atoms with Crippen LogP contribution in [0.15, 0.2) is 53.3 Å². The van der Waals surface area contributed by atoms with Gasteiger partial charge in [0, 0.05) is 11.5 Å². The maximum absolute atomic E-state index is 12.4. The van der Waals surface area contributed by atoms with Gasteiger partial charge in [-0.3, -0.25) is 14.3 Å². The monoisotopic (exact) mass is 373 g/mol. The molecule has 0 saturated carbocycles. The van der Waals surface area contributed by atoms with Gasteiger partial charge in [-0.25, -0.2) is 8.42 Å². The van der Waals surface area contributed by atoms with Gasteiger partial charge in [0.2, 0.25) is 10.0 Å². The average Bonchev–Trinajstić information content (AvgIpc) is 2.56. The molecule has 9 heteroatoms. The van der Waals surface area contributed by atoms with Crippen LogP contribution in [0.4, 0.5) is 11.4 Å². The summed E-state index contributed by atoms with van der Waals surface area (Å²) in [6, 6.07) is 11.8. The zero-order valence-electron chi connectivity index (χ0n) is 13.6. The van der Waals surface area contributed by atoms with Crippen molar-refractivity contribution in [3.8, 4) is 5.75 Å². The third kappa shape index (κ3) is 3.67. The van der Waals surface area contributed by atoms with Crippen molar-refractivity contribution in [1.82, 2.24) is 4.98 Å². The number of hydrogen-bond acceptors (Lipinski definition) is 5. The van der Waals surface area contributed by atoms with E-state index in [9.17, 15) is 23.1 Å². The number of aromatic nitrogens is 1. The molecular weight excluding hydrogens is 358 g/mol. The van der Waals surface area contributed by atoms with Crippen LogP contribution in [0.25, 0.3) is 10.9 Å². The van der Waals surface area contributed by atoms with Gasteiger partial charge >= 0.3 is 0 Å². The molecule has 4 N–H and O–H groups in total. The predicted molar refractivity (Wildman–Crippen MR) is 99.1 cm³/mol. The summed E-state index contributed by atoms with van der Waals surface area (Å²) in [7, 11) is -3.57. The van der Waals surface area contributed by atoms with E-state index >= 15 is 0 Å². The zero-order chi connectivity index (χ0) is 18.9. The van der Waals surface area contributed by atoms with E-state index in [1.807, 2.05) is 0 Å². The number of amides is 1. The van der Waals surface area contributed by atoms with E-state index < -0.39 is 21.4 Å². The Morgan fingerprint density at radius 3 is 2.46 bits per heavy atom. The molecule has 1 heterocycles. The standard InChI is InChI=1S/C17H15N3O5S/c1-26(24,25)20-12-7-4-5-10-15(22)9-13(18-16(10)12)17(23)19-11-6-2-3-8-14(11)21/h2-9,20-21H,1H3,(H,18,22)(H,19,23). The number of fused-ring (bicyclic) bond motifs is 1. The lowest BCUT2D eigenvalue weighted by Gasteiger charge is -2.11. The highest BCUT2D eigenvalue weighted by atomic mass is 32.2. The van der Waals surface area contributed by atoms with Crippen LogP contribution in [-0.4, -0.2) is 30.7 Å². The predicted octanol–water partition coefficient (Wildman–Crippen LogP) is 1.86. The summed E-state index contributed by atoms with van der Waals surface area (Å²) in [5.41, 5.74) is -0.00000213. The highest BCUT2D eigenvalue weighted by molar-refractivity contribution is 7.92. The molecule has 0 aliphatic carbocycles. The van der Waals surface area contributed by atoms with Crippen LogP contribution in [0.1, 0.15) is 10.5 Å². The van der Waals surface area contributed by atoms with E-state index in [0.717, 1.165) is 12.3 Å². The maximum atomic E-state index is 12.4. The molecule has 2 aromatic carbocycles. The summed E-state index contributed by atoms with van der Waals surface area (Å²) in [5, 5.41) is 12.5. The van der Waals surface area contributed by atoms with E-state index in [2.05, 4.69) is 15.0 Å². The van der Waals surface area contributed by atoms with Crippen molar-refractivity contribution in [2.24, 2.45) is 0 Å². The number of hydrogen-bond donors (Lipinski definition) is 4. The molecular formula is C17H15N3O5S. The zero-order valence-corrected chi connectivity index (χ0v) is 14.4. The van der Waals surface area contributed by atoms with E-state index in [1.54, 1.807) is 12.1 Å². The summed E-state index contributed by atoms with van der Waals surface area (Å²) < 4.78 is 25.3. The minimum absolute atomic E-state index is 0.0755. The molecule has 3 rings (SSSR count). The summed E-state index contributed by atoms with van der Waals surface area (Å²) in [5.74, 6) is -0.775. The van der Waals surface area contributed by atoms with Gasteiger partial charge in [0.1, 0.15) is 11.4 Å². The fourth-order valence-corrected chi connectivity index (χ4v) is 3.02. The Morgan fingerprint density at radius 2 is 1.77 bits per heavy atom. The van der Waals surface area contributed by atoms with Crippen LogP contribution in [0.5, 0.6) is 5.75 Å². The topological polar surface area (TPSA) is 128 Å². The van der Waals surface area contributed by atoms with Crippen molar-refractivity contribution in [2.45, 2.75) is 0 Å². The lowest BCUT2D eigenvalue weighted by molar-refractivity contribution is 0.102. The summed E-state index contributed by atoms with van der Waals surface area (Å²) in [6.07, 6.45) is 0.985. The number of phenolic OH excluding ortho intramolecular Hbond substituents is 1. The average molecular weight is 373 g/mol. The summed E-state index contributed by atoms with van der Waals surface area (Å²) in [6.45, 7) is 0. The number of pyridine rings is 1. The molecule has 0 unspecified atom stereocenters. The Hall–Kier alpha value is -3.33. The van der Waals surface area contributed by atoms with Crippen LogP contribution in [0, 0.1) is 0 Å². The number of rotatable bonds is 4. The highest BCUT2D eigenvalue weighted by Gasteiger charge is 2.14. The third-order valence-corrected chi connectivity index (χ3v) is 4.15. The largest absolute Gasteiger partial charge is 0.506 e. The maximum Gasteiger partial charge on any atom is 0.272 e. The molecule has 0 atom stereocenters. The number of carbonyl (C=O) groups is 1. The van der Waals surface area contributed by atoms with Gasteiger partial charge in [-0.2, -0.15) is 0 Å². The molecule has 1 aromatic heterocycles. The number of aromatic hydroxyl groups is 1. The normalized spacial score (nSPS) is 11.3. The van der Waals surface area contributed by atoms with Crippen molar-refractivity contribution in [2.75, 3.05) is 16.3 Å². The quantitative estimate of drug-likeness (QED) is 0.519. The van der Waals surface area contributed by atoms with Gasteiger partial charge in [-0.1, -0.05) is 18.2 Å². The fraction of sp³-hybridized carbons (Fsp3) is 0.0588. The van der Waals surface area contributed by atoms with Gasteiger partial charge in [-0.05, 0) is 24.3 Å². The molecule has 26 heavy (non-hydrogen) atoms. The molecule has 0 radical (unpaired) electrons. The first-order valence-electron chi connectivity index (χ1n) is 7.48. The molecule has 0 aliphatic rings. The molecule has 0 spiro atoms. The van der Waals surface area contributed by atoms with E-state index in [-0.39, 0.29) is 33.7 Å². The number of sulfonamides is 1. The molecule has 3 aromatic rings.